The minimum Gasteiger partial charge on any atom is -0.352 e. The average Bonchev–Trinajstić information content (AvgIpc) is 2.62. The number of hydrogen-bond acceptors (Lipinski definition) is 3. The Morgan fingerprint density at radius 3 is 2.22 bits per heavy atom. The van der Waals surface area contributed by atoms with Gasteiger partial charge < -0.3 is 16.0 Å². The van der Waals surface area contributed by atoms with Crippen molar-refractivity contribution in [3.8, 4) is 0 Å². The first-order chi connectivity index (χ1) is 12.9. The first-order valence-corrected chi connectivity index (χ1v) is 8.95. The van der Waals surface area contributed by atoms with E-state index < -0.39 is 0 Å². The van der Waals surface area contributed by atoms with Gasteiger partial charge in [-0.3, -0.25) is 14.4 Å². The number of rotatable bonds is 7. The van der Waals surface area contributed by atoms with Crippen molar-refractivity contribution in [2.24, 2.45) is 0 Å². The van der Waals surface area contributed by atoms with E-state index in [0.29, 0.717) is 34.9 Å². The lowest BCUT2D eigenvalue weighted by Gasteiger charge is -2.13. The summed E-state index contributed by atoms with van der Waals surface area (Å²) in [5.41, 5.74) is 2.62. The Kier molecular flexibility index (Phi) is 7.37. The second-order valence-electron chi connectivity index (χ2n) is 6.07. The molecule has 0 radical (unpaired) electrons. The Balaban J connectivity index is 1.79. The van der Waals surface area contributed by atoms with E-state index in [1.807, 2.05) is 6.92 Å². The summed E-state index contributed by atoms with van der Waals surface area (Å²) in [6, 6.07) is 11.9. The molecule has 0 bridgehead atoms. The van der Waals surface area contributed by atoms with Crippen molar-refractivity contribution in [3.05, 3.63) is 58.6 Å². The number of amides is 3. The van der Waals surface area contributed by atoms with E-state index in [4.69, 9.17) is 11.6 Å². The third kappa shape index (κ3) is 6.42. The summed E-state index contributed by atoms with van der Waals surface area (Å²) in [7, 11) is 0. The van der Waals surface area contributed by atoms with Crippen LogP contribution < -0.4 is 16.0 Å². The summed E-state index contributed by atoms with van der Waals surface area (Å²) in [6.07, 6.45) is 0.778. The van der Waals surface area contributed by atoms with E-state index in [9.17, 15) is 14.4 Å². The fraction of sp³-hybridized carbons (Fsp3) is 0.250. The maximum absolute atomic E-state index is 12.1. The van der Waals surface area contributed by atoms with Crippen molar-refractivity contribution in [2.75, 3.05) is 17.2 Å². The zero-order valence-electron chi connectivity index (χ0n) is 15.3. The molecule has 2 rings (SSSR count). The van der Waals surface area contributed by atoms with Gasteiger partial charge in [0, 0.05) is 41.9 Å². The third-order valence-electron chi connectivity index (χ3n) is 3.89. The molecule has 2 aromatic rings. The van der Waals surface area contributed by atoms with Crippen LogP contribution in [0.4, 0.5) is 11.4 Å². The van der Waals surface area contributed by atoms with Gasteiger partial charge >= 0.3 is 0 Å². The van der Waals surface area contributed by atoms with E-state index in [1.54, 1.807) is 42.5 Å². The molecule has 142 valence electrons. The maximum atomic E-state index is 12.1. The fourth-order valence-corrected chi connectivity index (χ4v) is 2.59. The summed E-state index contributed by atoms with van der Waals surface area (Å²) in [6.45, 7) is 3.65. The van der Waals surface area contributed by atoms with E-state index in [-0.39, 0.29) is 24.1 Å². The standard InChI is InChI=1S/C20H22ClN3O3/c1-13-17(23-14(2)25)5-3-6-18(13)24-19(26)7-4-12-22-20(27)15-8-10-16(21)11-9-15/h3,5-6,8-11H,4,7,12H2,1-2H3,(H,22,27)(H,23,25)(H,24,26). The van der Waals surface area contributed by atoms with Gasteiger partial charge in [0.05, 0.1) is 0 Å². The van der Waals surface area contributed by atoms with Crippen LogP contribution in [0.1, 0.15) is 35.7 Å². The van der Waals surface area contributed by atoms with Gasteiger partial charge in [0.25, 0.3) is 5.91 Å². The smallest absolute Gasteiger partial charge is 0.251 e. The lowest BCUT2D eigenvalue weighted by atomic mass is 10.1. The third-order valence-corrected chi connectivity index (χ3v) is 4.14. The van der Waals surface area contributed by atoms with Crippen molar-refractivity contribution >= 4 is 40.7 Å². The quantitative estimate of drug-likeness (QED) is 0.632. The molecule has 0 heterocycles. The fourth-order valence-electron chi connectivity index (χ4n) is 2.46. The van der Waals surface area contributed by atoms with Gasteiger partial charge in [0.2, 0.25) is 11.8 Å². The number of carbonyl (C=O) groups excluding carboxylic acids is 3. The normalized spacial score (nSPS) is 10.2. The minimum atomic E-state index is -0.203. The van der Waals surface area contributed by atoms with Crippen molar-refractivity contribution in [2.45, 2.75) is 26.7 Å². The lowest BCUT2D eigenvalue weighted by Crippen LogP contribution is -2.25. The lowest BCUT2D eigenvalue weighted by molar-refractivity contribution is -0.116. The summed E-state index contributed by atoms with van der Waals surface area (Å²) in [4.78, 5) is 35.3. The molecule has 27 heavy (non-hydrogen) atoms. The highest BCUT2D eigenvalue weighted by Crippen LogP contribution is 2.23. The Hall–Kier alpha value is -2.86. The van der Waals surface area contributed by atoms with Gasteiger partial charge in [-0.05, 0) is 55.3 Å². The van der Waals surface area contributed by atoms with Crippen molar-refractivity contribution < 1.29 is 14.4 Å². The van der Waals surface area contributed by atoms with E-state index in [0.717, 1.165) is 5.56 Å². The summed E-state index contributed by atoms with van der Waals surface area (Å²) < 4.78 is 0. The Bertz CT molecular complexity index is 835. The van der Waals surface area contributed by atoms with Crippen LogP contribution in [0.3, 0.4) is 0 Å². The van der Waals surface area contributed by atoms with Crippen LogP contribution in [0.25, 0.3) is 0 Å². The number of carbonyl (C=O) groups is 3. The van der Waals surface area contributed by atoms with E-state index in [1.165, 1.54) is 6.92 Å². The zero-order valence-corrected chi connectivity index (χ0v) is 16.0. The Morgan fingerprint density at radius 1 is 0.963 bits per heavy atom. The van der Waals surface area contributed by atoms with Gasteiger partial charge in [-0.25, -0.2) is 0 Å². The molecule has 0 fully saturated rings. The van der Waals surface area contributed by atoms with Crippen LogP contribution in [-0.2, 0) is 9.59 Å². The van der Waals surface area contributed by atoms with Crippen molar-refractivity contribution in [1.82, 2.24) is 5.32 Å². The molecule has 0 aliphatic heterocycles. The number of nitrogens with one attached hydrogen (secondary N) is 3. The Labute approximate surface area is 163 Å². The molecule has 0 aromatic heterocycles. The SMILES string of the molecule is CC(=O)Nc1cccc(NC(=O)CCCNC(=O)c2ccc(Cl)cc2)c1C. The monoisotopic (exact) mass is 387 g/mol. The van der Waals surface area contributed by atoms with Crippen molar-refractivity contribution in [1.29, 1.82) is 0 Å². The number of halogens is 1. The van der Waals surface area contributed by atoms with Crippen LogP contribution in [0, 0.1) is 6.92 Å². The largest absolute Gasteiger partial charge is 0.352 e. The predicted octanol–water partition coefficient (Wildman–Crippen LogP) is 3.76. The molecule has 7 heteroatoms. The van der Waals surface area contributed by atoms with Gasteiger partial charge in [0.15, 0.2) is 0 Å². The molecule has 0 unspecified atom stereocenters. The first kappa shape index (κ1) is 20.5. The minimum absolute atomic E-state index is 0.154. The topological polar surface area (TPSA) is 87.3 Å². The molecular formula is C20H22ClN3O3. The molecule has 0 spiro atoms. The molecule has 3 amide bonds. The molecule has 0 aliphatic carbocycles. The van der Waals surface area contributed by atoms with Gasteiger partial charge in [-0.1, -0.05) is 17.7 Å². The van der Waals surface area contributed by atoms with Crippen molar-refractivity contribution in [3.63, 3.8) is 0 Å². The van der Waals surface area contributed by atoms with Gasteiger partial charge in [-0.15, -0.1) is 0 Å². The highest BCUT2D eigenvalue weighted by Gasteiger charge is 2.09. The van der Waals surface area contributed by atoms with Crippen LogP contribution in [-0.4, -0.2) is 24.3 Å². The Morgan fingerprint density at radius 2 is 1.59 bits per heavy atom. The second kappa shape index (κ2) is 9.73. The number of hydrogen-bond donors (Lipinski definition) is 3. The molecule has 0 saturated heterocycles. The van der Waals surface area contributed by atoms with Crippen LogP contribution >= 0.6 is 11.6 Å². The highest BCUT2D eigenvalue weighted by molar-refractivity contribution is 6.30. The number of anilines is 2. The summed E-state index contributed by atoms with van der Waals surface area (Å²) >= 11 is 5.79. The maximum Gasteiger partial charge on any atom is 0.251 e. The summed E-state index contributed by atoms with van der Waals surface area (Å²) in [5.74, 6) is -0.525. The molecule has 0 atom stereocenters. The average molecular weight is 388 g/mol. The number of benzene rings is 2. The molecule has 2 aromatic carbocycles. The zero-order chi connectivity index (χ0) is 19.8. The first-order valence-electron chi connectivity index (χ1n) is 8.57. The highest BCUT2D eigenvalue weighted by atomic mass is 35.5. The molecule has 0 saturated carbocycles. The van der Waals surface area contributed by atoms with Gasteiger partial charge in [-0.2, -0.15) is 0 Å². The van der Waals surface area contributed by atoms with Crippen LogP contribution in [0.15, 0.2) is 42.5 Å². The molecule has 6 nitrogen and oxygen atoms in total. The second-order valence-corrected chi connectivity index (χ2v) is 6.51. The molecular weight excluding hydrogens is 366 g/mol. The van der Waals surface area contributed by atoms with E-state index in [2.05, 4.69) is 16.0 Å². The summed E-state index contributed by atoms with van der Waals surface area (Å²) in [5, 5.41) is 8.90. The van der Waals surface area contributed by atoms with Crippen LogP contribution in [0.5, 0.6) is 0 Å². The predicted molar refractivity (Wildman–Crippen MR) is 107 cm³/mol. The molecule has 3 N–H and O–H groups in total. The van der Waals surface area contributed by atoms with E-state index >= 15 is 0 Å². The van der Waals surface area contributed by atoms with Gasteiger partial charge in [0.1, 0.15) is 0 Å². The molecule has 0 aliphatic rings. The van der Waals surface area contributed by atoms with Crippen LogP contribution in [0.2, 0.25) is 5.02 Å².